The lowest BCUT2D eigenvalue weighted by atomic mass is 10.00. The van der Waals surface area contributed by atoms with E-state index in [-0.39, 0.29) is 5.97 Å². The summed E-state index contributed by atoms with van der Waals surface area (Å²) in [7, 11) is 1.41. The number of nitrogens with one attached hydrogen (secondary N) is 1. The molecule has 1 aromatic carbocycles. The van der Waals surface area contributed by atoms with E-state index in [1.54, 1.807) is 6.07 Å². The number of carbonyl (C=O) groups excluding carboxylic acids is 1. The number of carbonyl (C=O) groups is 1. The van der Waals surface area contributed by atoms with Crippen molar-refractivity contribution in [3.63, 3.8) is 0 Å². The van der Waals surface area contributed by atoms with Gasteiger partial charge in [0.1, 0.15) is 0 Å². The molecular weight excluding hydrogens is 242 g/mol. The number of rotatable bonds is 4. The molecule has 1 fully saturated rings. The molecule has 0 radical (unpaired) electrons. The Morgan fingerprint density at radius 1 is 1.42 bits per heavy atom. The Morgan fingerprint density at radius 3 is 2.84 bits per heavy atom. The fourth-order valence-electron chi connectivity index (χ4n) is 2.36. The van der Waals surface area contributed by atoms with Crippen LogP contribution in [0.1, 0.15) is 28.8 Å². The largest absolute Gasteiger partial charge is 0.465 e. The summed E-state index contributed by atoms with van der Waals surface area (Å²) in [6.45, 7) is 4.58. The topological polar surface area (TPSA) is 47.6 Å². The molecule has 1 aromatic rings. The number of methoxy groups -OCH3 is 1. The Hall–Kier alpha value is -1.55. The summed E-state index contributed by atoms with van der Waals surface area (Å²) < 4.78 is 10.1. The third-order valence-electron chi connectivity index (χ3n) is 3.66. The van der Waals surface area contributed by atoms with Gasteiger partial charge in [0.2, 0.25) is 0 Å². The maximum Gasteiger partial charge on any atom is 0.338 e. The van der Waals surface area contributed by atoms with Crippen molar-refractivity contribution >= 4 is 11.7 Å². The SMILES string of the molecule is COC(=O)c1cccc(NCC2CCOCC2)c1C. The predicted octanol–water partition coefficient (Wildman–Crippen LogP) is 2.62. The molecule has 4 heteroatoms. The van der Waals surface area contributed by atoms with Crippen LogP contribution in [0.3, 0.4) is 0 Å². The van der Waals surface area contributed by atoms with Crippen LogP contribution in [0.2, 0.25) is 0 Å². The first-order valence-corrected chi connectivity index (χ1v) is 6.72. The van der Waals surface area contributed by atoms with Gasteiger partial charge in [-0.05, 0) is 43.4 Å². The monoisotopic (exact) mass is 263 g/mol. The molecule has 0 spiro atoms. The lowest BCUT2D eigenvalue weighted by molar-refractivity contribution is 0.0600. The minimum atomic E-state index is -0.285. The number of ether oxygens (including phenoxy) is 2. The zero-order valence-electron chi connectivity index (χ0n) is 11.6. The number of hydrogen-bond donors (Lipinski definition) is 1. The lowest BCUT2D eigenvalue weighted by Crippen LogP contribution is -2.23. The first kappa shape index (κ1) is 13.9. The minimum absolute atomic E-state index is 0.285. The molecule has 4 nitrogen and oxygen atoms in total. The third kappa shape index (κ3) is 3.47. The maximum atomic E-state index is 11.6. The van der Waals surface area contributed by atoms with Crippen LogP contribution in [0.4, 0.5) is 5.69 Å². The van der Waals surface area contributed by atoms with Gasteiger partial charge in [-0.1, -0.05) is 6.07 Å². The van der Waals surface area contributed by atoms with E-state index in [0.29, 0.717) is 11.5 Å². The van der Waals surface area contributed by atoms with Crippen LogP contribution in [0.5, 0.6) is 0 Å². The van der Waals surface area contributed by atoms with E-state index in [1.165, 1.54) is 7.11 Å². The van der Waals surface area contributed by atoms with Gasteiger partial charge in [-0.3, -0.25) is 0 Å². The Kier molecular flexibility index (Phi) is 4.80. The van der Waals surface area contributed by atoms with Gasteiger partial charge < -0.3 is 14.8 Å². The van der Waals surface area contributed by atoms with E-state index in [2.05, 4.69) is 5.32 Å². The zero-order valence-corrected chi connectivity index (χ0v) is 11.6. The normalized spacial score (nSPS) is 16.1. The molecule has 1 saturated heterocycles. The second kappa shape index (κ2) is 6.57. The molecule has 0 aromatic heterocycles. The molecule has 0 aliphatic carbocycles. The van der Waals surface area contributed by atoms with Crippen molar-refractivity contribution in [1.29, 1.82) is 0 Å². The van der Waals surface area contributed by atoms with Crippen LogP contribution in [0.15, 0.2) is 18.2 Å². The van der Waals surface area contributed by atoms with E-state index in [9.17, 15) is 4.79 Å². The van der Waals surface area contributed by atoms with Gasteiger partial charge >= 0.3 is 5.97 Å². The Labute approximate surface area is 114 Å². The molecule has 1 aliphatic rings. The summed E-state index contributed by atoms with van der Waals surface area (Å²) in [6.07, 6.45) is 2.20. The summed E-state index contributed by atoms with van der Waals surface area (Å²) in [5, 5.41) is 3.44. The average molecular weight is 263 g/mol. The molecule has 0 bridgehead atoms. The van der Waals surface area contributed by atoms with E-state index < -0.39 is 0 Å². The van der Waals surface area contributed by atoms with Gasteiger partial charge in [0.25, 0.3) is 0 Å². The first-order valence-electron chi connectivity index (χ1n) is 6.72. The summed E-state index contributed by atoms with van der Waals surface area (Å²) >= 11 is 0. The third-order valence-corrected chi connectivity index (χ3v) is 3.66. The van der Waals surface area contributed by atoms with Crippen molar-refractivity contribution in [3.05, 3.63) is 29.3 Å². The zero-order chi connectivity index (χ0) is 13.7. The van der Waals surface area contributed by atoms with E-state index in [1.807, 2.05) is 19.1 Å². The minimum Gasteiger partial charge on any atom is -0.465 e. The fourth-order valence-corrected chi connectivity index (χ4v) is 2.36. The Morgan fingerprint density at radius 2 is 2.16 bits per heavy atom. The second-order valence-electron chi connectivity index (χ2n) is 4.91. The van der Waals surface area contributed by atoms with E-state index in [4.69, 9.17) is 9.47 Å². The van der Waals surface area contributed by atoms with Crippen LogP contribution in [0.25, 0.3) is 0 Å². The molecule has 0 unspecified atom stereocenters. The van der Waals surface area contributed by atoms with Crippen molar-refractivity contribution in [2.75, 3.05) is 32.2 Å². The molecule has 0 saturated carbocycles. The molecule has 0 atom stereocenters. The van der Waals surface area contributed by atoms with Crippen molar-refractivity contribution < 1.29 is 14.3 Å². The van der Waals surface area contributed by atoms with Crippen LogP contribution in [-0.4, -0.2) is 32.8 Å². The molecule has 1 N–H and O–H groups in total. The molecule has 1 heterocycles. The van der Waals surface area contributed by atoms with E-state index in [0.717, 1.165) is 43.9 Å². The standard InChI is InChI=1S/C15H21NO3/c1-11-13(15(17)18-2)4-3-5-14(11)16-10-12-6-8-19-9-7-12/h3-5,12,16H,6-10H2,1-2H3. The van der Waals surface area contributed by atoms with Crippen LogP contribution < -0.4 is 5.32 Å². The maximum absolute atomic E-state index is 11.6. The fraction of sp³-hybridized carbons (Fsp3) is 0.533. The predicted molar refractivity (Wildman–Crippen MR) is 74.6 cm³/mol. The Bertz CT molecular complexity index is 439. The summed E-state index contributed by atoms with van der Waals surface area (Å²) in [4.78, 5) is 11.6. The molecule has 0 amide bonds. The lowest BCUT2D eigenvalue weighted by Gasteiger charge is -2.23. The van der Waals surface area contributed by atoms with Crippen molar-refractivity contribution in [3.8, 4) is 0 Å². The van der Waals surface area contributed by atoms with Crippen molar-refractivity contribution in [2.45, 2.75) is 19.8 Å². The molecule has 104 valence electrons. The molecular formula is C15H21NO3. The van der Waals surface area contributed by atoms with Crippen LogP contribution >= 0.6 is 0 Å². The number of hydrogen-bond acceptors (Lipinski definition) is 4. The molecule has 19 heavy (non-hydrogen) atoms. The van der Waals surface area contributed by atoms with Crippen molar-refractivity contribution in [1.82, 2.24) is 0 Å². The number of benzene rings is 1. The summed E-state index contributed by atoms with van der Waals surface area (Å²) in [6, 6.07) is 5.67. The van der Waals surface area contributed by atoms with Crippen LogP contribution in [-0.2, 0) is 9.47 Å². The number of esters is 1. The average Bonchev–Trinajstić information content (AvgIpc) is 2.46. The number of anilines is 1. The molecule has 2 rings (SSSR count). The smallest absolute Gasteiger partial charge is 0.338 e. The molecule has 1 aliphatic heterocycles. The summed E-state index contributed by atoms with van der Waals surface area (Å²) in [5.74, 6) is 0.363. The second-order valence-corrected chi connectivity index (χ2v) is 4.91. The van der Waals surface area contributed by atoms with E-state index >= 15 is 0 Å². The highest BCUT2D eigenvalue weighted by Crippen LogP contribution is 2.21. The summed E-state index contributed by atoms with van der Waals surface area (Å²) in [5.41, 5.74) is 2.58. The highest BCUT2D eigenvalue weighted by Gasteiger charge is 2.15. The highest BCUT2D eigenvalue weighted by atomic mass is 16.5. The van der Waals surface area contributed by atoms with Crippen molar-refractivity contribution in [2.24, 2.45) is 5.92 Å². The van der Waals surface area contributed by atoms with Gasteiger partial charge in [-0.2, -0.15) is 0 Å². The van der Waals surface area contributed by atoms with Gasteiger partial charge in [0.15, 0.2) is 0 Å². The first-order chi connectivity index (χ1) is 9.22. The Balaban J connectivity index is 2.01. The quantitative estimate of drug-likeness (QED) is 0.848. The van der Waals surface area contributed by atoms with Gasteiger partial charge in [-0.15, -0.1) is 0 Å². The highest BCUT2D eigenvalue weighted by molar-refractivity contribution is 5.92. The van der Waals surface area contributed by atoms with Gasteiger partial charge in [-0.25, -0.2) is 4.79 Å². The van der Waals surface area contributed by atoms with Gasteiger partial charge in [0.05, 0.1) is 12.7 Å². The van der Waals surface area contributed by atoms with Crippen LogP contribution in [0, 0.1) is 12.8 Å². The van der Waals surface area contributed by atoms with Gasteiger partial charge in [0, 0.05) is 25.4 Å².